The molecule has 0 radical (unpaired) electrons. The van der Waals surface area contributed by atoms with E-state index in [2.05, 4.69) is 30.8 Å². The fraction of sp³-hybridized carbons (Fsp3) is 0.565. The van der Waals surface area contributed by atoms with Gasteiger partial charge in [0.15, 0.2) is 0 Å². The zero-order chi connectivity index (χ0) is 22.5. The molecule has 2 heterocycles. The Morgan fingerprint density at radius 2 is 1.94 bits per heavy atom. The molecule has 5 N–H and O–H groups in total. The Hall–Kier alpha value is -2.94. The predicted octanol–water partition coefficient (Wildman–Crippen LogP) is 2.81. The van der Waals surface area contributed by atoms with E-state index in [0.29, 0.717) is 35.4 Å². The Balaban J connectivity index is 1.57. The highest BCUT2D eigenvalue weighted by Gasteiger charge is 2.20. The summed E-state index contributed by atoms with van der Waals surface area (Å²) in [4.78, 5) is 27.7. The number of rotatable bonds is 9. The van der Waals surface area contributed by atoms with E-state index in [1.165, 1.54) is 32.1 Å². The van der Waals surface area contributed by atoms with Crippen LogP contribution >= 0.6 is 0 Å². The van der Waals surface area contributed by atoms with Crippen molar-refractivity contribution in [1.82, 2.24) is 20.3 Å². The molecule has 172 valence electrons. The zero-order valence-electron chi connectivity index (χ0n) is 19.0. The minimum atomic E-state index is -0.466. The fourth-order valence-electron chi connectivity index (χ4n) is 4.51. The molecule has 1 saturated carbocycles. The number of hydrogen-bond donors (Lipinski definition) is 4. The maximum atomic E-state index is 11.6. The van der Waals surface area contributed by atoms with Crippen LogP contribution in [0.4, 0.5) is 23.5 Å². The molecule has 1 saturated heterocycles. The molecule has 0 spiro atoms. The van der Waals surface area contributed by atoms with Crippen LogP contribution in [0.25, 0.3) is 0 Å². The fourth-order valence-corrected chi connectivity index (χ4v) is 4.51. The van der Waals surface area contributed by atoms with Crippen molar-refractivity contribution in [2.24, 2.45) is 11.7 Å². The molecule has 0 bridgehead atoms. The number of anilines is 4. The summed E-state index contributed by atoms with van der Waals surface area (Å²) >= 11 is 0. The number of nitrogens with two attached hydrogens (primary N) is 1. The van der Waals surface area contributed by atoms with E-state index >= 15 is 0 Å². The van der Waals surface area contributed by atoms with Gasteiger partial charge >= 0.3 is 0 Å². The van der Waals surface area contributed by atoms with E-state index in [0.717, 1.165) is 37.3 Å². The predicted molar refractivity (Wildman–Crippen MR) is 128 cm³/mol. The Labute approximate surface area is 189 Å². The monoisotopic (exact) mass is 438 g/mol. The average molecular weight is 439 g/mol. The highest BCUT2D eigenvalue weighted by molar-refractivity contribution is 5.94. The number of carbonyl (C=O) groups is 1. The van der Waals surface area contributed by atoms with Gasteiger partial charge in [0.2, 0.25) is 23.8 Å². The minimum absolute atomic E-state index is 0.428. The third-order valence-electron chi connectivity index (χ3n) is 6.41. The van der Waals surface area contributed by atoms with Crippen LogP contribution in [0, 0.1) is 12.8 Å². The number of hydrogen-bond acceptors (Lipinski definition) is 8. The van der Waals surface area contributed by atoms with Crippen molar-refractivity contribution in [1.29, 1.82) is 0 Å². The van der Waals surface area contributed by atoms with E-state index in [9.17, 15) is 4.79 Å². The molecule has 1 aromatic heterocycles. The van der Waals surface area contributed by atoms with E-state index in [1.807, 2.05) is 20.0 Å². The molecule has 1 aliphatic heterocycles. The van der Waals surface area contributed by atoms with Gasteiger partial charge in [-0.1, -0.05) is 18.9 Å². The van der Waals surface area contributed by atoms with E-state index in [1.54, 1.807) is 12.1 Å². The van der Waals surface area contributed by atoms with E-state index in [-0.39, 0.29) is 0 Å². The summed E-state index contributed by atoms with van der Waals surface area (Å²) in [6, 6.07) is 5.75. The van der Waals surface area contributed by atoms with Crippen LogP contribution in [0.15, 0.2) is 18.2 Å². The molecular formula is C23H34N8O. The van der Waals surface area contributed by atoms with Crippen LogP contribution in [0.1, 0.15) is 54.4 Å². The van der Waals surface area contributed by atoms with Gasteiger partial charge in [-0.25, -0.2) is 0 Å². The van der Waals surface area contributed by atoms with Gasteiger partial charge < -0.3 is 26.6 Å². The first-order valence-electron chi connectivity index (χ1n) is 11.6. The van der Waals surface area contributed by atoms with Gasteiger partial charge in [0.1, 0.15) is 0 Å². The molecule has 4 rings (SSSR count). The summed E-state index contributed by atoms with van der Waals surface area (Å²) in [5.74, 6) is 1.85. The highest BCUT2D eigenvalue weighted by atomic mass is 16.1. The van der Waals surface area contributed by atoms with E-state index < -0.39 is 5.91 Å². The van der Waals surface area contributed by atoms with Crippen LogP contribution in [-0.2, 0) is 0 Å². The first-order valence-corrected chi connectivity index (χ1v) is 11.6. The van der Waals surface area contributed by atoms with Crippen LogP contribution in [0.2, 0.25) is 0 Å². The van der Waals surface area contributed by atoms with Crippen molar-refractivity contribution in [3.05, 3.63) is 29.3 Å². The Morgan fingerprint density at radius 3 is 2.66 bits per heavy atom. The summed E-state index contributed by atoms with van der Waals surface area (Å²) in [6.07, 6.45) is 7.48. The zero-order valence-corrected chi connectivity index (χ0v) is 19.0. The van der Waals surface area contributed by atoms with Crippen molar-refractivity contribution in [2.45, 2.75) is 51.5 Å². The SMILES string of the molecule is Cc1ccc(C(N)=O)cc1Nc1nc(NC[C@@H]2CCCN2)nc(N(C)CC2CCCC2)n1. The molecule has 2 aliphatic rings. The molecule has 32 heavy (non-hydrogen) atoms. The number of carbonyl (C=O) groups excluding carboxylic acids is 1. The van der Waals surface area contributed by atoms with Gasteiger partial charge in [0.05, 0.1) is 0 Å². The Bertz CT molecular complexity index is 938. The largest absolute Gasteiger partial charge is 0.366 e. The quantitative estimate of drug-likeness (QED) is 0.472. The summed E-state index contributed by atoms with van der Waals surface area (Å²) in [5.41, 5.74) is 7.63. The van der Waals surface area contributed by atoms with Gasteiger partial charge in [0, 0.05) is 37.4 Å². The third-order valence-corrected chi connectivity index (χ3v) is 6.41. The Morgan fingerprint density at radius 1 is 1.16 bits per heavy atom. The van der Waals surface area contributed by atoms with Crippen LogP contribution < -0.4 is 26.6 Å². The van der Waals surface area contributed by atoms with Gasteiger partial charge in [-0.3, -0.25) is 4.79 Å². The maximum absolute atomic E-state index is 11.6. The summed E-state index contributed by atoms with van der Waals surface area (Å²) in [7, 11) is 2.04. The molecule has 9 heteroatoms. The minimum Gasteiger partial charge on any atom is -0.366 e. The Kier molecular flexibility index (Phi) is 7.04. The van der Waals surface area contributed by atoms with Crippen molar-refractivity contribution >= 4 is 29.4 Å². The second kappa shape index (κ2) is 10.1. The molecule has 1 amide bonds. The van der Waals surface area contributed by atoms with Gasteiger partial charge in [-0.2, -0.15) is 15.0 Å². The number of nitrogens with one attached hydrogen (secondary N) is 3. The van der Waals surface area contributed by atoms with Crippen molar-refractivity contribution in [2.75, 3.05) is 42.2 Å². The van der Waals surface area contributed by atoms with Gasteiger partial charge in [0.25, 0.3) is 0 Å². The maximum Gasteiger partial charge on any atom is 0.248 e. The number of primary amides is 1. The van der Waals surface area contributed by atoms with Crippen LogP contribution in [0.5, 0.6) is 0 Å². The van der Waals surface area contributed by atoms with Gasteiger partial charge in [-0.05, 0) is 62.8 Å². The van der Waals surface area contributed by atoms with Crippen molar-refractivity contribution < 1.29 is 4.79 Å². The van der Waals surface area contributed by atoms with Gasteiger partial charge in [-0.15, -0.1) is 0 Å². The summed E-state index contributed by atoms with van der Waals surface area (Å²) in [5, 5.41) is 10.1. The molecule has 1 aliphatic carbocycles. The smallest absolute Gasteiger partial charge is 0.248 e. The lowest BCUT2D eigenvalue weighted by Crippen LogP contribution is -2.30. The lowest BCUT2D eigenvalue weighted by Gasteiger charge is -2.22. The molecule has 2 aromatic rings. The summed E-state index contributed by atoms with van der Waals surface area (Å²) < 4.78 is 0. The molecule has 0 unspecified atom stereocenters. The lowest BCUT2D eigenvalue weighted by molar-refractivity contribution is 0.100. The number of aromatic nitrogens is 3. The topological polar surface area (TPSA) is 121 Å². The lowest BCUT2D eigenvalue weighted by atomic mass is 10.1. The second-order valence-corrected chi connectivity index (χ2v) is 9.01. The molecule has 9 nitrogen and oxygen atoms in total. The normalized spacial score (nSPS) is 18.6. The second-order valence-electron chi connectivity index (χ2n) is 9.01. The van der Waals surface area contributed by atoms with E-state index in [4.69, 9.17) is 10.7 Å². The number of aryl methyl sites for hydroxylation is 1. The number of benzene rings is 1. The molecule has 1 aromatic carbocycles. The van der Waals surface area contributed by atoms with Crippen LogP contribution in [0.3, 0.4) is 0 Å². The molecule has 2 fully saturated rings. The molecule has 1 atom stereocenters. The van der Waals surface area contributed by atoms with Crippen molar-refractivity contribution in [3.63, 3.8) is 0 Å². The summed E-state index contributed by atoms with van der Waals surface area (Å²) in [6.45, 7) is 4.72. The first-order chi connectivity index (χ1) is 15.5. The number of nitrogens with zero attached hydrogens (tertiary/aromatic N) is 4. The average Bonchev–Trinajstić information content (AvgIpc) is 3.48. The third kappa shape index (κ3) is 5.64. The van der Waals surface area contributed by atoms with Crippen LogP contribution in [-0.4, -0.2) is 53.6 Å². The first kappa shape index (κ1) is 22.3. The molecular weight excluding hydrogens is 404 g/mol. The highest BCUT2D eigenvalue weighted by Crippen LogP contribution is 2.27. The standard InChI is InChI=1S/C23H34N8O/c1-15-9-10-17(20(24)32)12-19(15)27-22-28-21(26-13-18-8-5-11-25-18)29-23(30-22)31(2)14-16-6-3-4-7-16/h9-10,12,16,18,25H,3-8,11,13-14H2,1-2H3,(H2,24,32)(H2,26,27,28,29,30)/t18-/m0/s1. The van der Waals surface area contributed by atoms with Crippen molar-refractivity contribution in [3.8, 4) is 0 Å². The number of amides is 1.